The first-order valence-electron chi connectivity index (χ1n) is 9.62. The number of aromatic nitrogens is 1. The minimum Gasteiger partial charge on any atom is -0.441 e. The van der Waals surface area contributed by atoms with Crippen molar-refractivity contribution in [3.8, 4) is 6.07 Å². The monoisotopic (exact) mass is 390 g/mol. The molecule has 2 aromatic heterocycles. The van der Waals surface area contributed by atoms with Crippen LogP contribution >= 0.6 is 0 Å². The normalized spacial score (nSPS) is 14.7. The molecule has 3 aromatic rings. The van der Waals surface area contributed by atoms with Gasteiger partial charge < -0.3 is 24.4 Å². The van der Waals surface area contributed by atoms with Gasteiger partial charge in [-0.3, -0.25) is 4.79 Å². The maximum atomic E-state index is 12.4. The predicted molar refractivity (Wildman–Crippen MR) is 110 cm³/mol. The average molecular weight is 390 g/mol. The van der Waals surface area contributed by atoms with Crippen molar-refractivity contribution in [2.75, 3.05) is 37.7 Å². The van der Waals surface area contributed by atoms with Crippen LogP contribution in [0.5, 0.6) is 0 Å². The van der Waals surface area contributed by atoms with Gasteiger partial charge in [-0.15, -0.1) is 0 Å². The largest absolute Gasteiger partial charge is 0.441 e. The van der Waals surface area contributed by atoms with Gasteiger partial charge in [0.2, 0.25) is 0 Å². The Kier molecular flexibility index (Phi) is 5.63. The van der Waals surface area contributed by atoms with E-state index in [-0.39, 0.29) is 5.57 Å². The molecule has 0 unspecified atom stereocenters. The number of nitriles is 1. The lowest BCUT2D eigenvalue weighted by molar-refractivity contribution is -0.117. The highest BCUT2D eigenvalue weighted by Gasteiger charge is 2.15. The summed E-state index contributed by atoms with van der Waals surface area (Å²) >= 11 is 0. The van der Waals surface area contributed by atoms with Gasteiger partial charge >= 0.3 is 0 Å². The van der Waals surface area contributed by atoms with Crippen molar-refractivity contribution in [1.29, 1.82) is 5.26 Å². The summed E-state index contributed by atoms with van der Waals surface area (Å²) in [5.41, 5.74) is 2.22. The Balaban J connectivity index is 1.36. The van der Waals surface area contributed by atoms with Crippen molar-refractivity contribution in [3.05, 3.63) is 59.5 Å². The summed E-state index contributed by atoms with van der Waals surface area (Å²) in [6.45, 7) is 3.28. The molecule has 0 aliphatic carbocycles. The summed E-state index contributed by atoms with van der Waals surface area (Å²) in [7, 11) is 0. The first-order valence-corrected chi connectivity index (χ1v) is 9.62. The van der Waals surface area contributed by atoms with E-state index in [4.69, 9.17) is 9.15 Å². The molecule has 0 radical (unpaired) electrons. The zero-order valence-corrected chi connectivity index (χ0v) is 16.0. The smallest absolute Gasteiger partial charge is 0.262 e. The van der Waals surface area contributed by atoms with Crippen LogP contribution in [-0.4, -0.2) is 43.7 Å². The molecule has 0 bridgehead atoms. The number of amides is 1. The first kappa shape index (κ1) is 18.8. The van der Waals surface area contributed by atoms with Gasteiger partial charge in [-0.2, -0.15) is 5.26 Å². The number of carbonyl (C=O) groups excluding carboxylic acids is 1. The van der Waals surface area contributed by atoms with Crippen LogP contribution in [0.1, 0.15) is 11.3 Å². The van der Waals surface area contributed by atoms with Crippen molar-refractivity contribution < 1.29 is 13.9 Å². The number of nitrogens with zero attached hydrogens (tertiary/aromatic N) is 2. The lowest BCUT2D eigenvalue weighted by atomic mass is 10.1. The molecule has 148 valence electrons. The number of hydrogen-bond acceptors (Lipinski definition) is 5. The number of aromatic amines is 1. The zero-order valence-electron chi connectivity index (χ0n) is 16.0. The first-order chi connectivity index (χ1) is 14.2. The molecule has 7 heteroatoms. The Bertz CT molecular complexity index is 1070. The third kappa shape index (κ3) is 4.33. The number of morpholine rings is 1. The number of fused-ring (bicyclic) bond motifs is 1. The quantitative estimate of drug-likeness (QED) is 0.499. The number of anilines is 1. The maximum absolute atomic E-state index is 12.4. The van der Waals surface area contributed by atoms with Crippen LogP contribution in [-0.2, 0) is 16.0 Å². The molecule has 7 nitrogen and oxygen atoms in total. The molecule has 1 aliphatic heterocycles. The van der Waals surface area contributed by atoms with Gasteiger partial charge in [0.15, 0.2) is 5.88 Å². The summed E-state index contributed by atoms with van der Waals surface area (Å²) in [6, 6.07) is 13.6. The van der Waals surface area contributed by atoms with Crippen LogP contribution in [0.4, 0.5) is 5.88 Å². The highest BCUT2D eigenvalue weighted by molar-refractivity contribution is 6.01. The molecule has 29 heavy (non-hydrogen) atoms. The van der Waals surface area contributed by atoms with Gasteiger partial charge in [-0.25, -0.2) is 0 Å². The Morgan fingerprint density at radius 1 is 1.24 bits per heavy atom. The SMILES string of the molecule is N#CC(=Cc1ccc(N2CCOCC2)o1)C(=O)NCCc1c[nH]c2ccccc12. The minimum absolute atomic E-state index is 0.0202. The second kappa shape index (κ2) is 8.67. The number of carbonyl (C=O) groups is 1. The molecule has 4 rings (SSSR count). The summed E-state index contributed by atoms with van der Waals surface area (Å²) in [4.78, 5) is 17.7. The summed E-state index contributed by atoms with van der Waals surface area (Å²) in [5, 5.41) is 13.3. The van der Waals surface area contributed by atoms with Crippen LogP contribution in [0.15, 0.2) is 52.6 Å². The van der Waals surface area contributed by atoms with Crippen LogP contribution in [0.25, 0.3) is 17.0 Å². The number of furan rings is 1. The predicted octanol–water partition coefficient (Wildman–Crippen LogP) is 2.86. The van der Waals surface area contributed by atoms with E-state index in [1.165, 1.54) is 6.08 Å². The number of hydrogen-bond donors (Lipinski definition) is 2. The van der Waals surface area contributed by atoms with E-state index in [0.717, 1.165) is 35.4 Å². The summed E-state index contributed by atoms with van der Waals surface area (Å²) in [5.74, 6) is 0.795. The maximum Gasteiger partial charge on any atom is 0.262 e. The van der Waals surface area contributed by atoms with Crippen molar-refractivity contribution >= 4 is 28.8 Å². The van der Waals surface area contributed by atoms with Gasteiger partial charge in [0.1, 0.15) is 17.4 Å². The fourth-order valence-electron chi connectivity index (χ4n) is 3.41. The number of para-hydroxylation sites is 1. The number of benzene rings is 1. The van der Waals surface area contributed by atoms with E-state index in [2.05, 4.69) is 15.2 Å². The van der Waals surface area contributed by atoms with Crippen LogP contribution in [0.3, 0.4) is 0 Å². The number of H-pyrrole nitrogens is 1. The van der Waals surface area contributed by atoms with Gasteiger partial charge in [0.25, 0.3) is 5.91 Å². The highest BCUT2D eigenvalue weighted by Crippen LogP contribution is 2.21. The summed E-state index contributed by atoms with van der Waals surface area (Å²) < 4.78 is 11.1. The standard InChI is InChI=1S/C22H22N4O3/c23-14-17(13-18-5-6-21(29-18)26-9-11-28-12-10-26)22(27)24-8-7-16-15-25-20-4-2-1-3-19(16)20/h1-6,13,15,25H,7-12H2,(H,24,27). The Morgan fingerprint density at radius 2 is 2.07 bits per heavy atom. The van der Waals surface area contributed by atoms with E-state index < -0.39 is 5.91 Å². The van der Waals surface area contributed by atoms with Crippen LogP contribution < -0.4 is 10.2 Å². The molecule has 3 heterocycles. The van der Waals surface area contributed by atoms with E-state index in [1.54, 1.807) is 6.07 Å². The van der Waals surface area contributed by atoms with Gasteiger partial charge in [-0.1, -0.05) is 18.2 Å². The molecule has 0 spiro atoms. The third-order valence-electron chi connectivity index (χ3n) is 4.94. The van der Waals surface area contributed by atoms with Crippen LogP contribution in [0, 0.1) is 11.3 Å². The molecule has 1 aliphatic rings. The van der Waals surface area contributed by atoms with E-state index in [0.29, 0.717) is 31.9 Å². The number of ether oxygens (including phenoxy) is 1. The van der Waals surface area contributed by atoms with Gasteiger partial charge in [-0.05, 0) is 24.1 Å². The molecule has 0 saturated carbocycles. The van der Waals surface area contributed by atoms with Gasteiger partial charge in [0.05, 0.1) is 13.2 Å². The molecule has 1 amide bonds. The van der Waals surface area contributed by atoms with Crippen molar-refractivity contribution in [2.24, 2.45) is 0 Å². The highest BCUT2D eigenvalue weighted by atomic mass is 16.5. The molecule has 1 aromatic carbocycles. The van der Waals surface area contributed by atoms with Crippen LogP contribution in [0.2, 0.25) is 0 Å². The van der Waals surface area contributed by atoms with E-state index in [1.807, 2.05) is 42.6 Å². The third-order valence-corrected chi connectivity index (χ3v) is 4.94. The lowest BCUT2D eigenvalue weighted by Crippen LogP contribution is -2.35. The second-order valence-corrected chi connectivity index (χ2v) is 6.81. The topological polar surface area (TPSA) is 94.3 Å². The van der Waals surface area contributed by atoms with Crippen molar-refractivity contribution in [3.63, 3.8) is 0 Å². The van der Waals surface area contributed by atoms with Crippen molar-refractivity contribution in [2.45, 2.75) is 6.42 Å². The fourth-order valence-corrected chi connectivity index (χ4v) is 3.41. The average Bonchev–Trinajstić information content (AvgIpc) is 3.40. The molecule has 1 saturated heterocycles. The van der Waals surface area contributed by atoms with Gasteiger partial charge in [0, 0.05) is 48.9 Å². The minimum atomic E-state index is -0.406. The van der Waals surface area contributed by atoms with E-state index in [9.17, 15) is 10.1 Å². The fraction of sp³-hybridized carbons (Fsp3) is 0.273. The number of rotatable bonds is 6. The Hall–Kier alpha value is -3.50. The van der Waals surface area contributed by atoms with E-state index >= 15 is 0 Å². The number of nitrogens with one attached hydrogen (secondary N) is 2. The molecule has 2 N–H and O–H groups in total. The Labute approximate surface area is 168 Å². The zero-order chi connectivity index (χ0) is 20.1. The lowest BCUT2D eigenvalue weighted by Gasteiger charge is -2.26. The molecular formula is C22H22N4O3. The summed E-state index contributed by atoms with van der Waals surface area (Å²) in [6.07, 6.45) is 4.11. The van der Waals surface area contributed by atoms with Crippen molar-refractivity contribution in [1.82, 2.24) is 10.3 Å². The molecule has 0 atom stereocenters. The Morgan fingerprint density at radius 3 is 2.90 bits per heavy atom. The second-order valence-electron chi connectivity index (χ2n) is 6.81. The molecule has 1 fully saturated rings. The molecular weight excluding hydrogens is 368 g/mol.